The summed E-state index contributed by atoms with van der Waals surface area (Å²) in [4.78, 5) is 15.2. The molecule has 0 radical (unpaired) electrons. The molecule has 2 heterocycles. The molecule has 0 N–H and O–H groups in total. The van der Waals surface area contributed by atoms with Crippen LogP contribution in [0.3, 0.4) is 0 Å². The van der Waals surface area contributed by atoms with E-state index in [1.807, 2.05) is 24.3 Å². The zero-order valence-electron chi connectivity index (χ0n) is 14.5. The van der Waals surface area contributed by atoms with Gasteiger partial charge < -0.3 is 9.64 Å². The molecular formula is C22H25NO2. The number of cyclic esters (lactones) is 1. The van der Waals surface area contributed by atoms with E-state index in [2.05, 4.69) is 41.3 Å². The van der Waals surface area contributed by atoms with Crippen molar-refractivity contribution in [2.24, 2.45) is 5.92 Å². The second-order valence-electron chi connectivity index (χ2n) is 7.17. The first kappa shape index (κ1) is 16.3. The van der Waals surface area contributed by atoms with Crippen LogP contribution in [0.15, 0.2) is 60.7 Å². The Hall–Kier alpha value is -2.13. The van der Waals surface area contributed by atoms with Gasteiger partial charge >= 0.3 is 5.97 Å². The molecule has 0 amide bonds. The molecule has 0 saturated carbocycles. The molecule has 25 heavy (non-hydrogen) atoms. The smallest absolute Gasteiger partial charge is 0.311 e. The van der Waals surface area contributed by atoms with E-state index in [-0.39, 0.29) is 23.9 Å². The van der Waals surface area contributed by atoms with Crippen molar-refractivity contribution in [1.29, 1.82) is 0 Å². The lowest BCUT2D eigenvalue weighted by Crippen LogP contribution is -2.37. The molecule has 130 valence electrons. The van der Waals surface area contributed by atoms with E-state index in [1.54, 1.807) is 0 Å². The number of carbonyl (C=O) groups excluding carboxylic acids is 1. The third kappa shape index (κ3) is 3.47. The van der Waals surface area contributed by atoms with Crippen LogP contribution in [-0.2, 0) is 9.53 Å². The first-order chi connectivity index (χ1) is 12.3. The van der Waals surface area contributed by atoms with E-state index < -0.39 is 0 Å². The van der Waals surface area contributed by atoms with E-state index in [1.165, 1.54) is 24.8 Å². The first-order valence-corrected chi connectivity index (χ1v) is 9.35. The van der Waals surface area contributed by atoms with Gasteiger partial charge in [-0.05, 0) is 37.1 Å². The summed E-state index contributed by atoms with van der Waals surface area (Å²) in [5, 5.41) is 0. The van der Waals surface area contributed by atoms with Gasteiger partial charge in [-0.1, -0.05) is 67.1 Å². The molecule has 2 saturated heterocycles. The van der Waals surface area contributed by atoms with Crippen molar-refractivity contribution in [2.75, 3.05) is 19.6 Å². The average molecular weight is 335 g/mol. The second-order valence-corrected chi connectivity index (χ2v) is 7.17. The topological polar surface area (TPSA) is 29.5 Å². The van der Waals surface area contributed by atoms with Crippen molar-refractivity contribution >= 4 is 5.97 Å². The van der Waals surface area contributed by atoms with Crippen LogP contribution in [0, 0.1) is 5.92 Å². The summed E-state index contributed by atoms with van der Waals surface area (Å²) < 4.78 is 5.90. The molecule has 4 rings (SSSR count). The molecular weight excluding hydrogens is 310 g/mol. The lowest BCUT2D eigenvalue weighted by Gasteiger charge is -2.30. The minimum Gasteiger partial charge on any atom is -0.457 e. The van der Waals surface area contributed by atoms with Crippen LogP contribution >= 0.6 is 0 Å². The first-order valence-electron chi connectivity index (χ1n) is 9.35. The lowest BCUT2D eigenvalue weighted by molar-refractivity contribution is -0.145. The van der Waals surface area contributed by atoms with Crippen molar-refractivity contribution in [3.05, 3.63) is 71.8 Å². The Bertz CT molecular complexity index is 694. The Labute approximate surface area is 149 Å². The third-order valence-electron chi connectivity index (χ3n) is 5.52. The predicted molar refractivity (Wildman–Crippen MR) is 98.2 cm³/mol. The van der Waals surface area contributed by atoms with E-state index in [0.717, 1.165) is 25.2 Å². The SMILES string of the molecule is O=C1O[C@H](c2ccccc2)[C@H](c2ccccc2)C1CN1CCCCC1. The van der Waals surface area contributed by atoms with Gasteiger partial charge in [0.15, 0.2) is 0 Å². The number of benzene rings is 2. The summed E-state index contributed by atoms with van der Waals surface area (Å²) in [6.45, 7) is 3.00. The number of piperidine rings is 1. The number of nitrogens with zero attached hydrogens (tertiary/aromatic N) is 1. The third-order valence-corrected chi connectivity index (χ3v) is 5.52. The Morgan fingerprint density at radius 1 is 0.840 bits per heavy atom. The van der Waals surface area contributed by atoms with Crippen LogP contribution < -0.4 is 0 Å². The van der Waals surface area contributed by atoms with Crippen LogP contribution in [0.2, 0.25) is 0 Å². The number of carbonyl (C=O) groups is 1. The quantitative estimate of drug-likeness (QED) is 0.786. The molecule has 2 aromatic rings. The monoisotopic (exact) mass is 335 g/mol. The van der Waals surface area contributed by atoms with Gasteiger partial charge in [-0.2, -0.15) is 0 Å². The number of hydrogen-bond acceptors (Lipinski definition) is 3. The normalized spacial score (nSPS) is 27.2. The van der Waals surface area contributed by atoms with Gasteiger partial charge in [-0.3, -0.25) is 4.79 Å². The summed E-state index contributed by atoms with van der Waals surface area (Å²) >= 11 is 0. The van der Waals surface area contributed by atoms with E-state index in [0.29, 0.717) is 0 Å². The van der Waals surface area contributed by atoms with Crippen LogP contribution in [0.4, 0.5) is 0 Å². The molecule has 2 fully saturated rings. The summed E-state index contributed by atoms with van der Waals surface area (Å²) in [6, 6.07) is 20.6. The standard InChI is InChI=1S/C22H25NO2/c24-22-19(16-23-14-8-3-9-15-23)20(17-10-4-1-5-11-17)21(25-22)18-12-6-2-7-13-18/h1-2,4-7,10-13,19-21H,3,8-9,14-16H2/t19?,20-,21-/m1/s1. The summed E-state index contributed by atoms with van der Waals surface area (Å²) in [5.74, 6) is -0.0583. The van der Waals surface area contributed by atoms with Crippen molar-refractivity contribution in [3.8, 4) is 0 Å². The van der Waals surface area contributed by atoms with Gasteiger partial charge in [0, 0.05) is 12.5 Å². The van der Waals surface area contributed by atoms with Crippen molar-refractivity contribution < 1.29 is 9.53 Å². The molecule has 0 aliphatic carbocycles. The molecule has 3 atom stereocenters. The van der Waals surface area contributed by atoms with Crippen molar-refractivity contribution in [2.45, 2.75) is 31.3 Å². The number of ether oxygens (including phenoxy) is 1. The maximum atomic E-state index is 12.8. The fraction of sp³-hybridized carbons (Fsp3) is 0.409. The van der Waals surface area contributed by atoms with E-state index in [9.17, 15) is 4.79 Å². The molecule has 3 nitrogen and oxygen atoms in total. The maximum Gasteiger partial charge on any atom is 0.311 e. The van der Waals surface area contributed by atoms with Gasteiger partial charge in [0.05, 0.1) is 5.92 Å². The zero-order chi connectivity index (χ0) is 17.1. The highest BCUT2D eigenvalue weighted by molar-refractivity contribution is 5.77. The number of esters is 1. The fourth-order valence-electron chi connectivity index (χ4n) is 4.25. The minimum atomic E-state index is -0.189. The van der Waals surface area contributed by atoms with Crippen molar-refractivity contribution in [1.82, 2.24) is 4.90 Å². The molecule has 0 bridgehead atoms. The minimum absolute atomic E-state index is 0.0479. The van der Waals surface area contributed by atoms with E-state index in [4.69, 9.17) is 4.74 Å². The second kappa shape index (κ2) is 7.40. The van der Waals surface area contributed by atoms with Crippen LogP contribution in [0.25, 0.3) is 0 Å². The zero-order valence-corrected chi connectivity index (χ0v) is 14.5. The molecule has 3 heteroatoms. The van der Waals surface area contributed by atoms with Crippen LogP contribution in [0.5, 0.6) is 0 Å². The van der Waals surface area contributed by atoms with E-state index >= 15 is 0 Å². The van der Waals surface area contributed by atoms with Crippen molar-refractivity contribution in [3.63, 3.8) is 0 Å². The molecule has 0 spiro atoms. The molecule has 2 aliphatic rings. The Morgan fingerprint density at radius 2 is 1.44 bits per heavy atom. The van der Waals surface area contributed by atoms with Crippen LogP contribution in [-0.4, -0.2) is 30.5 Å². The largest absolute Gasteiger partial charge is 0.457 e. The van der Waals surface area contributed by atoms with Gasteiger partial charge in [-0.15, -0.1) is 0 Å². The Balaban J connectivity index is 1.65. The highest BCUT2D eigenvalue weighted by Gasteiger charge is 2.46. The van der Waals surface area contributed by atoms with Gasteiger partial charge in [0.25, 0.3) is 0 Å². The van der Waals surface area contributed by atoms with Crippen LogP contribution in [0.1, 0.15) is 42.4 Å². The Kier molecular flexibility index (Phi) is 4.84. The highest BCUT2D eigenvalue weighted by Crippen LogP contribution is 2.46. The summed E-state index contributed by atoms with van der Waals surface area (Å²) in [6.07, 6.45) is 3.59. The number of hydrogen-bond donors (Lipinski definition) is 0. The van der Waals surface area contributed by atoms with Gasteiger partial charge in [0.2, 0.25) is 0 Å². The lowest BCUT2D eigenvalue weighted by atomic mass is 9.81. The van der Waals surface area contributed by atoms with Gasteiger partial charge in [-0.25, -0.2) is 0 Å². The summed E-state index contributed by atoms with van der Waals surface area (Å²) in [7, 11) is 0. The van der Waals surface area contributed by atoms with Gasteiger partial charge in [0.1, 0.15) is 6.10 Å². The maximum absolute atomic E-state index is 12.8. The molecule has 0 aromatic heterocycles. The average Bonchev–Trinajstić information content (AvgIpc) is 3.00. The fourth-order valence-corrected chi connectivity index (χ4v) is 4.25. The Morgan fingerprint density at radius 3 is 2.08 bits per heavy atom. The highest BCUT2D eigenvalue weighted by atomic mass is 16.6. The predicted octanol–water partition coefficient (Wildman–Crippen LogP) is 4.17. The molecule has 1 unspecified atom stereocenters. The number of likely N-dealkylation sites (tertiary alicyclic amines) is 1. The molecule has 2 aliphatic heterocycles. The summed E-state index contributed by atoms with van der Waals surface area (Å²) in [5.41, 5.74) is 2.29. The molecule has 2 aromatic carbocycles. The number of rotatable bonds is 4.